The smallest absolute Gasteiger partial charge is 0.268 e. The molecule has 0 fully saturated rings. The number of rotatable bonds is 5. The summed E-state index contributed by atoms with van der Waals surface area (Å²) >= 11 is 1.52. The van der Waals surface area contributed by atoms with Crippen LogP contribution < -0.4 is 5.32 Å². The average molecular weight is 351 g/mol. The van der Waals surface area contributed by atoms with Crippen molar-refractivity contribution in [2.24, 2.45) is 0 Å². The first-order chi connectivity index (χ1) is 12.3. The maximum atomic E-state index is 12.1. The van der Waals surface area contributed by atoms with Crippen LogP contribution in [0.15, 0.2) is 64.9 Å². The minimum absolute atomic E-state index is 0.137. The highest BCUT2D eigenvalue weighted by atomic mass is 32.1. The molecule has 0 saturated carbocycles. The van der Waals surface area contributed by atoms with Crippen molar-refractivity contribution in [1.82, 2.24) is 19.7 Å². The molecule has 7 nitrogen and oxygen atoms in total. The highest BCUT2D eigenvalue weighted by Crippen LogP contribution is 2.24. The van der Waals surface area contributed by atoms with Gasteiger partial charge in [-0.3, -0.25) is 4.79 Å². The second kappa shape index (κ2) is 6.70. The first-order valence-corrected chi connectivity index (χ1v) is 8.40. The van der Waals surface area contributed by atoms with Crippen LogP contribution >= 0.6 is 11.3 Å². The van der Waals surface area contributed by atoms with E-state index in [1.807, 2.05) is 47.8 Å². The van der Waals surface area contributed by atoms with Crippen LogP contribution in [0.5, 0.6) is 0 Å². The van der Waals surface area contributed by atoms with Gasteiger partial charge in [0.25, 0.3) is 5.89 Å². The number of aromatic nitrogens is 4. The van der Waals surface area contributed by atoms with Crippen molar-refractivity contribution in [3.63, 3.8) is 0 Å². The lowest BCUT2D eigenvalue weighted by molar-refractivity contribution is -0.116. The molecule has 0 spiro atoms. The molecule has 1 aromatic carbocycles. The van der Waals surface area contributed by atoms with Crippen LogP contribution in [0.4, 0.5) is 5.69 Å². The van der Waals surface area contributed by atoms with E-state index in [2.05, 4.69) is 20.4 Å². The first kappa shape index (κ1) is 15.3. The van der Waals surface area contributed by atoms with Gasteiger partial charge in [0.15, 0.2) is 0 Å². The SMILES string of the molecule is O=C(Cn1cnc(-c2noc(-c3cccs3)n2)c1)Nc1ccccc1. The van der Waals surface area contributed by atoms with E-state index in [0.29, 0.717) is 17.4 Å². The molecular weight excluding hydrogens is 338 g/mol. The molecular formula is C17H13N5O2S. The van der Waals surface area contributed by atoms with Crippen molar-refractivity contribution in [2.45, 2.75) is 6.54 Å². The Labute approximate surface area is 147 Å². The molecule has 25 heavy (non-hydrogen) atoms. The number of nitrogens with one attached hydrogen (secondary N) is 1. The Balaban J connectivity index is 1.44. The number of carbonyl (C=O) groups excluding carboxylic acids is 1. The number of anilines is 1. The minimum atomic E-state index is -0.137. The van der Waals surface area contributed by atoms with Gasteiger partial charge in [0.05, 0.1) is 11.2 Å². The Morgan fingerprint density at radius 1 is 1.20 bits per heavy atom. The molecule has 8 heteroatoms. The van der Waals surface area contributed by atoms with Gasteiger partial charge >= 0.3 is 0 Å². The number of hydrogen-bond donors (Lipinski definition) is 1. The van der Waals surface area contributed by atoms with Crippen LogP contribution in [0.3, 0.4) is 0 Å². The maximum absolute atomic E-state index is 12.1. The van der Waals surface area contributed by atoms with Gasteiger partial charge < -0.3 is 14.4 Å². The number of hydrogen-bond acceptors (Lipinski definition) is 6. The average Bonchev–Trinajstić information content (AvgIpc) is 3.36. The van der Waals surface area contributed by atoms with Crippen LogP contribution in [0.25, 0.3) is 22.3 Å². The summed E-state index contributed by atoms with van der Waals surface area (Å²) < 4.78 is 6.93. The highest BCUT2D eigenvalue weighted by molar-refractivity contribution is 7.13. The van der Waals surface area contributed by atoms with Gasteiger partial charge in [-0.25, -0.2) is 4.98 Å². The van der Waals surface area contributed by atoms with Gasteiger partial charge in [-0.05, 0) is 23.6 Å². The van der Waals surface area contributed by atoms with E-state index in [4.69, 9.17) is 4.52 Å². The number of amides is 1. The third kappa shape index (κ3) is 3.48. The van der Waals surface area contributed by atoms with Gasteiger partial charge in [0.2, 0.25) is 11.7 Å². The van der Waals surface area contributed by atoms with Gasteiger partial charge in [-0.2, -0.15) is 4.98 Å². The van der Waals surface area contributed by atoms with E-state index >= 15 is 0 Å². The minimum Gasteiger partial charge on any atom is -0.333 e. The third-order valence-electron chi connectivity index (χ3n) is 3.40. The van der Waals surface area contributed by atoms with E-state index in [-0.39, 0.29) is 12.5 Å². The van der Waals surface area contributed by atoms with E-state index in [9.17, 15) is 4.79 Å². The summed E-state index contributed by atoms with van der Waals surface area (Å²) in [6.45, 7) is 0.150. The van der Waals surface area contributed by atoms with Crippen LogP contribution in [0.1, 0.15) is 0 Å². The molecule has 4 aromatic rings. The monoisotopic (exact) mass is 351 g/mol. The summed E-state index contributed by atoms with van der Waals surface area (Å²) in [7, 11) is 0. The van der Waals surface area contributed by atoms with Gasteiger partial charge in [-0.15, -0.1) is 11.3 Å². The van der Waals surface area contributed by atoms with E-state index in [1.54, 1.807) is 17.1 Å². The standard InChI is InChI=1S/C17H13N5O2S/c23-15(19-12-5-2-1-3-6-12)10-22-9-13(18-11-22)16-20-17(24-21-16)14-7-4-8-25-14/h1-9,11H,10H2,(H,19,23). The Kier molecular flexibility index (Phi) is 4.09. The summed E-state index contributed by atoms with van der Waals surface area (Å²) in [5.41, 5.74) is 1.31. The Morgan fingerprint density at radius 2 is 2.08 bits per heavy atom. The van der Waals surface area contributed by atoms with Crippen molar-refractivity contribution in [3.05, 3.63) is 60.4 Å². The fourth-order valence-electron chi connectivity index (χ4n) is 2.28. The zero-order chi connectivity index (χ0) is 17.1. The lowest BCUT2D eigenvalue weighted by Gasteiger charge is -2.04. The number of nitrogens with zero attached hydrogens (tertiary/aromatic N) is 4. The zero-order valence-electron chi connectivity index (χ0n) is 13.0. The van der Waals surface area contributed by atoms with Crippen molar-refractivity contribution in [1.29, 1.82) is 0 Å². The largest absolute Gasteiger partial charge is 0.333 e. The van der Waals surface area contributed by atoms with E-state index in [0.717, 1.165) is 10.6 Å². The van der Waals surface area contributed by atoms with Crippen LogP contribution in [0.2, 0.25) is 0 Å². The Hall–Kier alpha value is -3.26. The Bertz CT molecular complexity index is 976. The van der Waals surface area contributed by atoms with E-state index < -0.39 is 0 Å². The molecule has 3 heterocycles. The van der Waals surface area contributed by atoms with Crippen molar-refractivity contribution in [2.75, 3.05) is 5.32 Å². The van der Waals surface area contributed by atoms with Crippen LogP contribution in [-0.2, 0) is 11.3 Å². The predicted molar refractivity (Wildman–Crippen MR) is 93.9 cm³/mol. The molecule has 0 atom stereocenters. The van der Waals surface area contributed by atoms with Crippen molar-refractivity contribution in [3.8, 4) is 22.3 Å². The number of thiophene rings is 1. The van der Waals surface area contributed by atoms with Crippen LogP contribution in [0, 0.1) is 0 Å². The highest BCUT2D eigenvalue weighted by Gasteiger charge is 2.14. The Morgan fingerprint density at radius 3 is 2.88 bits per heavy atom. The van der Waals surface area contributed by atoms with Crippen LogP contribution in [-0.4, -0.2) is 25.6 Å². The summed E-state index contributed by atoms with van der Waals surface area (Å²) in [6, 6.07) is 13.1. The molecule has 0 aliphatic rings. The first-order valence-electron chi connectivity index (χ1n) is 7.52. The quantitative estimate of drug-likeness (QED) is 0.596. The molecule has 1 amide bonds. The predicted octanol–water partition coefficient (Wildman–Crippen LogP) is 3.30. The summed E-state index contributed by atoms with van der Waals surface area (Å²) in [4.78, 5) is 21.6. The molecule has 0 saturated heterocycles. The van der Waals surface area contributed by atoms with Gasteiger partial charge in [-0.1, -0.05) is 29.4 Å². The van der Waals surface area contributed by atoms with Crippen molar-refractivity contribution < 1.29 is 9.32 Å². The molecule has 4 rings (SSSR count). The molecule has 0 radical (unpaired) electrons. The second-order valence-corrected chi connectivity index (χ2v) is 6.19. The molecule has 3 aromatic heterocycles. The van der Waals surface area contributed by atoms with Gasteiger partial charge in [0.1, 0.15) is 12.2 Å². The number of benzene rings is 1. The molecule has 0 unspecified atom stereocenters. The lowest BCUT2D eigenvalue weighted by Crippen LogP contribution is -2.17. The third-order valence-corrected chi connectivity index (χ3v) is 4.26. The maximum Gasteiger partial charge on any atom is 0.268 e. The fraction of sp³-hybridized carbons (Fsp3) is 0.0588. The molecule has 1 N–H and O–H groups in total. The van der Waals surface area contributed by atoms with Gasteiger partial charge in [0, 0.05) is 11.9 Å². The molecule has 0 bridgehead atoms. The number of imidazole rings is 1. The topological polar surface area (TPSA) is 85.8 Å². The normalized spacial score (nSPS) is 10.7. The zero-order valence-corrected chi connectivity index (χ0v) is 13.8. The molecule has 124 valence electrons. The summed E-state index contributed by atoms with van der Waals surface area (Å²) in [6.07, 6.45) is 3.29. The number of para-hydroxylation sites is 1. The van der Waals surface area contributed by atoms with Crippen molar-refractivity contribution >= 4 is 22.9 Å². The summed E-state index contributed by atoms with van der Waals surface area (Å²) in [5, 5.41) is 8.72. The number of carbonyl (C=O) groups is 1. The second-order valence-electron chi connectivity index (χ2n) is 5.25. The summed E-state index contributed by atoms with van der Waals surface area (Å²) in [5.74, 6) is 0.717. The molecule has 0 aliphatic heterocycles. The van der Waals surface area contributed by atoms with E-state index in [1.165, 1.54) is 11.3 Å². The molecule has 0 aliphatic carbocycles. The fourth-order valence-corrected chi connectivity index (χ4v) is 2.92. The lowest BCUT2D eigenvalue weighted by atomic mass is 10.3.